The van der Waals surface area contributed by atoms with Crippen molar-refractivity contribution >= 4 is 33.4 Å². The Morgan fingerprint density at radius 1 is 1.04 bits per heavy atom. The van der Waals surface area contributed by atoms with Crippen LogP contribution in [0.5, 0.6) is 0 Å². The summed E-state index contributed by atoms with van der Waals surface area (Å²) in [6, 6.07) is 15.9. The summed E-state index contributed by atoms with van der Waals surface area (Å²) in [6.07, 6.45) is 0. The molecule has 0 saturated heterocycles. The molecule has 0 aliphatic carbocycles. The molecule has 0 fully saturated rings. The third-order valence-electron chi connectivity index (χ3n) is 4.20. The Labute approximate surface area is 168 Å². The number of rotatable bonds is 6. The molecule has 1 atom stereocenters. The summed E-state index contributed by atoms with van der Waals surface area (Å²) in [5.41, 5.74) is 5.09. The summed E-state index contributed by atoms with van der Waals surface area (Å²) >= 11 is 3.53. The van der Waals surface area contributed by atoms with Crippen molar-refractivity contribution in [2.24, 2.45) is 0 Å². The van der Waals surface area contributed by atoms with Crippen LogP contribution in [0.2, 0.25) is 0 Å². The maximum absolute atomic E-state index is 9.35. The van der Waals surface area contributed by atoms with E-state index in [1.165, 1.54) is 0 Å². The molecule has 0 unspecified atom stereocenters. The number of benzene rings is 2. The Morgan fingerprint density at radius 3 is 2.33 bits per heavy atom. The number of nitrogens with one attached hydrogen (secondary N) is 2. The summed E-state index contributed by atoms with van der Waals surface area (Å²) in [5.74, 6) is 1.18. The van der Waals surface area contributed by atoms with E-state index in [9.17, 15) is 5.11 Å². The molecule has 0 amide bonds. The molecule has 0 saturated carbocycles. The Morgan fingerprint density at radius 2 is 1.70 bits per heavy atom. The first-order valence-corrected chi connectivity index (χ1v) is 9.61. The standard InChI is InChI=1S/C21H23BrN4O/c1-13-9-17(22)10-14(2)20(13)25-19-11-18(16-7-5-4-6-8-16)24-21(26-19)23-15(3)12-27/h4-11,15,27H,12H2,1-3H3,(H2,23,24,25,26)/t15-/m1/s1. The second-order valence-corrected chi connectivity index (χ2v) is 7.51. The molecule has 1 aromatic heterocycles. The lowest BCUT2D eigenvalue weighted by Crippen LogP contribution is -2.21. The fourth-order valence-electron chi connectivity index (χ4n) is 2.83. The van der Waals surface area contributed by atoms with E-state index in [0.717, 1.165) is 32.5 Å². The quantitative estimate of drug-likeness (QED) is 0.513. The van der Waals surface area contributed by atoms with Crippen molar-refractivity contribution in [3.8, 4) is 11.3 Å². The van der Waals surface area contributed by atoms with Crippen molar-refractivity contribution < 1.29 is 5.11 Å². The SMILES string of the molecule is Cc1cc(Br)cc(C)c1Nc1cc(-c2ccccc2)nc(N[C@H](C)CO)n1. The van der Waals surface area contributed by atoms with Gasteiger partial charge in [-0.05, 0) is 44.0 Å². The van der Waals surface area contributed by atoms with Crippen LogP contribution in [0, 0.1) is 13.8 Å². The van der Waals surface area contributed by atoms with Gasteiger partial charge in [-0.3, -0.25) is 0 Å². The van der Waals surface area contributed by atoms with E-state index in [4.69, 9.17) is 0 Å². The predicted molar refractivity (Wildman–Crippen MR) is 115 cm³/mol. The summed E-state index contributed by atoms with van der Waals surface area (Å²) in [5, 5.41) is 15.9. The van der Waals surface area contributed by atoms with E-state index >= 15 is 0 Å². The summed E-state index contributed by atoms with van der Waals surface area (Å²) < 4.78 is 1.05. The van der Waals surface area contributed by atoms with Crippen LogP contribution in [0.3, 0.4) is 0 Å². The third kappa shape index (κ3) is 4.84. The molecular formula is C21H23BrN4O. The Hall–Kier alpha value is -2.44. The Balaban J connectivity index is 2.02. The van der Waals surface area contributed by atoms with Crippen molar-refractivity contribution in [1.82, 2.24) is 9.97 Å². The number of aromatic nitrogens is 2. The number of halogens is 1. The van der Waals surface area contributed by atoms with Gasteiger partial charge in [0.05, 0.1) is 12.3 Å². The van der Waals surface area contributed by atoms with E-state index in [-0.39, 0.29) is 12.6 Å². The average Bonchev–Trinajstić information content (AvgIpc) is 2.65. The number of aliphatic hydroxyl groups is 1. The number of hydrogen-bond acceptors (Lipinski definition) is 5. The molecule has 3 rings (SSSR count). The van der Waals surface area contributed by atoms with E-state index in [1.54, 1.807) is 0 Å². The second kappa shape index (κ2) is 8.50. The number of anilines is 3. The molecule has 3 N–H and O–H groups in total. The molecule has 0 aliphatic rings. The van der Waals surface area contributed by atoms with E-state index < -0.39 is 0 Å². The zero-order valence-electron chi connectivity index (χ0n) is 15.6. The fraction of sp³-hybridized carbons (Fsp3) is 0.238. The average molecular weight is 427 g/mol. The lowest BCUT2D eigenvalue weighted by molar-refractivity contribution is 0.281. The normalized spacial score (nSPS) is 11.9. The zero-order valence-corrected chi connectivity index (χ0v) is 17.2. The molecule has 2 aromatic carbocycles. The number of nitrogens with zero attached hydrogens (tertiary/aromatic N) is 2. The largest absolute Gasteiger partial charge is 0.394 e. The zero-order chi connectivity index (χ0) is 19.4. The van der Waals surface area contributed by atoms with Crippen LogP contribution in [-0.2, 0) is 0 Å². The molecule has 6 heteroatoms. The summed E-state index contributed by atoms with van der Waals surface area (Å²) in [6.45, 7) is 6.01. The van der Waals surface area contributed by atoms with Gasteiger partial charge in [-0.25, -0.2) is 4.98 Å². The van der Waals surface area contributed by atoms with Crippen LogP contribution in [0.25, 0.3) is 11.3 Å². The van der Waals surface area contributed by atoms with Crippen molar-refractivity contribution in [3.05, 3.63) is 64.1 Å². The van der Waals surface area contributed by atoms with Gasteiger partial charge in [0.15, 0.2) is 0 Å². The first-order chi connectivity index (χ1) is 13.0. The third-order valence-corrected chi connectivity index (χ3v) is 4.65. The predicted octanol–water partition coefficient (Wildman–Crippen LogP) is 5.06. The van der Waals surface area contributed by atoms with Gasteiger partial charge in [-0.2, -0.15) is 4.98 Å². The lowest BCUT2D eigenvalue weighted by atomic mass is 10.1. The molecule has 3 aromatic rings. The number of aryl methyl sites for hydroxylation is 2. The van der Waals surface area contributed by atoms with Crippen molar-refractivity contribution in [2.45, 2.75) is 26.8 Å². The van der Waals surface area contributed by atoms with Gasteiger partial charge < -0.3 is 15.7 Å². The molecule has 0 bridgehead atoms. The van der Waals surface area contributed by atoms with Crippen LogP contribution in [0.15, 0.2) is 53.0 Å². The maximum Gasteiger partial charge on any atom is 0.225 e. The first-order valence-electron chi connectivity index (χ1n) is 8.82. The number of hydrogen-bond donors (Lipinski definition) is 3. The van der Waals surface area contributed by atoms with Gasteiger partial charge >= 0.3 is 0 Å². The van der Waals surface area contributed by atoms with Gasteiger partial charge in [0.2, 0.25) is 5.95 Å². The maximum atomic E-state index is 9.35. The van der Waals surface area contributed by atoms with Gasteiger partial charge in [0.1, 0.15) is 5.82 Å². The van der Waals surface area contributed by atoms with E-state index in [1.807, 2.05) is 43.3 Å². The minimum absolute atomic E-state index is 0.00656. The summed E-state index contributed by atoms with van der Waals surface area (Å²) in [7, 11) is 0. The highest BCUT2D eigenvalue weighted by atomic mass is 79.9. The van der Waals surface area contributed by atoms with Crippen molar-refractivity contribution in [2.75, 3.05) is 17.2 Å². The first kappa shape index (κ1) is 19.3. The van der Waals surface area contributed by atoms with Gasteiger partial charge in [0, 0.05) is 27.8 Å². The van der Waals surface area contributed by atoms with Crippen LogP contribution < -0.4 is 10.6 Å². The Bertz CT molecular complexity index is 908. The topological polar surface area (TPSA) is 70.1 Å². The van der Waals surface area contributed by atoms with Gasteiger partial charge in [-0.1, -0.05) is 46.3 Å². The minimum Gasteiger partial charge on any atom is -0.394 e. The molecule has 1 heterocycles. The molecule has 0 spiro atoms. The smallest absolute Gasteiger partial charge is 0.225 e. The van der Waals surface area contributed by atoms with Crippen molar-refractivity contribution in [1.29, 1.82) is 0 Å². The molecule has 140 valence electrons. The van der Waals surface area contributed by atoms with Crippen LogP contribution in [-0.4, -0.2) is 27.7 Å². The monoisotopic (exact) mass is 426 g/mol. The highest BCUT2D eigenvalue weighted by Gasteiger charge is 2.11. The van der Waals surface area contributed by atoms with Crippen LogP contribution >= 0.6 is 15.9 Å². The lowest BCUT2D eigenvalue weighted by Gasteiger charge is -2.16. The molecule has 27 heavy (non-hydrogen) atoms. The molecule has 0 radical (unpaired) electrons. The minimum atomic E-state index is -0.139. The molecule has 0 aliphatic heterocycles. The van der Waals surface area contributed by atoms with E-state index in [2.05, 4.69) is 62.5 Å². The number of aliphatic hydroxyl groups excluding tert-OH is 1. The summed E-state index contributed by atoms with van der Waals surface area (Å²) in [4.78, 5) is 9.20. The van der Waals surface area contributed by atoms with Crippen LogP contribution in [0.4, 0.5) is 17.5 Å². The van der Waals surface area contributed by atoms with Crippen LogP contribution in [0.1, 0.15) is 18.1 Å². The Kier molecular flexibility index (Phi) is 6.08. The fourth-order valence-corrected chi connectivity index (χ4v) is 3.52. The highest BCUT2D eigenvalue weighted by Crippen LogP contribution is 2.29. The van der Waals surface area contributed by atoms with Crippen molar-refractivity contribution in [3.63, 3.8) is 0 Å². The molecule has 5 nitrogen and oxygen atoms in total. The van der Waals surface area contributed by atoms with Gasteiger partial charge in [-0.15, -0.1) is 0 Å². The second-order valence-electron chi connectivity index (χ2n) is 6.60. The highest BCUT2D eigenvalue weighted by molar-refractivity contribution is 9.10. The van der Waals surface area contributed by atoms with E-state index in [0.29, 0.717) is 11.8 Å². The van der Waals surface area contributed by atoms with Gasteiger partial charge in [0.25, 0.3) is 0 Å². The molecular weight excluding hydrogens is 404 g/mol.